The van der Waals surface area contributed by atoms with Crippen molar-refractivity contribution >= 4 is 40.2 Å². The van der Waals surface area contributed by atoms with Crippen molar-refractivity contribution in [2.75, 3.05) is 12.3 Å². The van der Waals surface area contributed by atoms with Crippen LogP contribution in [0.15, 0.2) is 46.9 Å². The normalized spacial score (nSPS) is 10.7. The quantitative estimate of drug-likeness (QED) is 0.612. The number of hydrogen-bond acceptors (Lipinski definition) is 4. The largest absolute Gasteiger partial charge is 0.451 e. The summed E-state index contributed by atoms with van der Waals surface area (Å²) < 4.78 is 5.66. The number of aryl methyl sites for hydroxylation is 1. The third-order valence-electron chi connectivity index (χ3n) is 4.03. The maximum atomic E-state index is 12.4. The summed E-state index contributed by atoms with van der Waals surface area (Å²) in [5, 5.41) is 13.4. The summed E-state index contributed by atoms with van der Waals surface area (Å²) in [5.41, 5.74) is 3.15. The van der Waals surface area contributed by atoms with E-state index in [9.17, 15) is 4.79 Å². The van der Waals surface area contributed by atoms with Crippen LogP contribution in [0.2, 0.25) is 5.02 Å². The van der Waals surface area contributed by atoms with Gasteiger partial charge in [-0.15, -0.1) is 0 Å². The molecule has 1 amide bonds. The van der Waals surface area contributed by atoms with Crippen LogP contribution in [0.25, 0.3) is 11.0 Å². The second-order valence-electron chi connectivity index (χ2n) is 5.77. The Morgan fingerprint density at radius 3 is 2.92 bits per heavy atom. The second-order valence-corrected chi connectivity index (χ2v) is 7.32. The van der Waals surface area contributed by atoms with Crippen molar-refractivity contribution in [1.82, 2.24) is 5.32 Å². The van der Waals surface area contributed by atoms with Crippen LogP contribution < -0.4 is 5.32 Å². The van der Waals surface area contributed by atoms with Crippen LogP contribution >= 0.6 is 23.4 Å². The van der Waals surface area contributed by atoms with Crippen molar-refractivity contribution in [3.8, 4) is 6.07 Å². The van der Waals surface area contributed by atoms with Gasteiger partial charge in [-0.25, -0.2) is 0 Å². The molecule has 26 heavy (non-hydrogen) atoms. The van der Waals surface area contributed by atoms with E-state index < -0.39 is 0 Å². The van der Waals surface area contributed by atoms with E-state index in [1.54, 1.807) is 30.0 Å². The molecule has 0 radical (unpaired) electrons. The van der Waals surface area contributed by atoms with Crippen LogP contribution in [0.5, 0.6) is 0 Å². The number of carbonyl (C=O) groups excluding carboxylic acids is 1. The molecule has 3 aromatic rings. The first-order chi connectivity index (χ1) is 12.6. The Labute approximate surface area is 161 Å². The number of carbonyl (C=O) groups is 1. The van der Waals surface area contributed by atoms with Crippen molar-refractivity contribution in [2.45, 2.75) is 12.7 Å². The lowest BCUT2D eigenvalue weighted by molar-refractivity contribution is 0.0930. The molecule has 2 aromatic carbocycles. The minimum absolute atomic E-state index is 0.229. The molecule has 3 rings (SSSR count). The van der Waals surface area contributed by atoms with Gasteiger partial charge >= 0.3 is 0 Å². The highest BCUT2D eigenvalue weighted by Crippen LogP contribution is 2.27. The fourth-order valence-corrected chi connectivity index (χ4v) is 3.70. The van der Waals surface area contributed by atoms with Gasteiger partial charge < -0.3 is 9.73 Å². The number of nitrogens with zero attached hydrogens (tertiary/aromatic N) is 1. The van der Waals surface area contributed by atoms with Crippen molar-refractivity contribution in [2.24, 2.45) is 0 Å². The lowest BCUT2D eigenvalue weighted by Crippen LogP contribution is -2.25. The maximum Gasteiger partial charge on any atom is 0.287 e. The molecular weight excluding hydrogens is 368 g/mol. The lowest BCUT2D eigenvalue weighted by Gasteiger charge is -2.05. The summed E-state index contributed by atoms with van der Waals surface area (Å²) in [4.78, 5) is 12.4. The molecule has 132 valence electrons. The van der Waals surface area contributed by atoms with Crippen LogP contribution in [0.3, 0.4) is 0 Å². The summed E-state index contributed by atoms with van der Waals surface area (Å²) in [6.45, 7) is 2.38. The first-order valence-electron chi connectivity index (χ1n) is 8.12. The molecule has 0 spiro atoms. The Hall–Kier alpha value is -2.42. The van der Waals surface area contributed by atoms with Crippen LogP contribution in [0, 0.1) is 18.3 Å². The van der Waals surface area contributed by atoms with Crippen molar-refractivity contribution in [1.29, 1.82) is 5.26 Å². The molecule has 0 saturated heterocycles. The van der Waals surface area contributed by atoms with E-state index in [1.165, 1.54) is 0 Å². The van der Waals surface area contributed by atoms with Gasteiger partial charge in [-0.3, -0.25) is 4.79 Å². The standard InChI is InChI=1S/C20H17ClN2O2S/c1-13-17-10-16(21)6-7-18(17)25-19(13)20(24)23-8-9-26-12-15-5-3-2-4-14(15)11-22/h2-7,10H,8-9,12H2,1H3,(H,23,24). The Morgan fingerprint density at radius 2 is 2.12 bits per heavy atom. The number of amides is 1. The van der Waals surface area contributed by atoms with Crippen molar-refractivity contribution in [3.63, 3.8) is 0 Å². The predicted molar refractivity (Wildman–Crippen MR) is 106 cm³/mol. The number of furan rings is 1. The number of benzene rings is 2. The highest BCUT2D eigenvalue weighted by Gasteiger charge is 2.17. The summed E-state index contributed by atoms with van der Waals surface area (Å²) in [6.07, 6.45) is 0. The summed E-state index contributed by atoms with van der Waals surface area (Å²) in [7, 11) is 0. The molecule has 0 saturated carbocycles. The van der Waals surface area contributed by atoms with Crippen LogP contribution in [-0.4, -0.2) is 18.2 Å². The molecule has 0 unspecified atom stereocenters. The number of hydrogen-bond donors (Lipinski definition) is 1. The molecule has 6 heteroatoms. The van der Waals surface area contributed by atoms with Gasteiger partial charge in [0.1, 0.15) is 5.58 Å². The SMILES string of the molecule is Cc1c(C(=O)NCCSCc2ccccc2C#N)oc2ccc(Cl)cc12. The fourth-order valence-electron chi connectivity index (χ4n) is 2.66. The molecule has 0 aliphatic heterocycles. The molecule has 0 aliphatic rings. The van der Waals surface area contributed by atoms with Gasteiger partial charge in [0.2, 0.25) is 0 Å². The fraction of sp³-hybridized carbons (Fsp3) is 0.200. The third-order valence-corrected chi connectivity index (χ3v) is 5.27. The first kappa shape index (κ1) is 18.4. The number of rotatable bonds is 6. The average Bonchev–Trinajstić information content (AvgIpc) is 2.98. The molecule has 0 fully saturated rings. The van der Waals surface area contributed by atoms with E-state index in [4.69, 9.17) is 21.3 Å². The number of thioether (sulfide) groups is 1. The molecule has 4 nitrogen and oxygen atoms in total. The Balaban J connectivity index is 1.53. The predicted octanol–water partition coefficient (Wildman–Crippen LogP) is 4.93. The smallest absolute Gasteiger partial charge is 0.287 e. The van der Waals surface area contributed by atoms with Crippen molar-refractivity contribution in [3.05, 3.63) is 69.9 Å². The molecule has 1 heterocycles. The van der Waals surface area contributed by atoms with Crippen molar-refractivity contribution < 1.29 is 9.21 Å². The molecule has 1 aromatic heterocycles. The number of nitrogens with one attached hydrogen (secondary N) is 1. The van der Waals surface area contributed by atoms with Crippen LogP contribution in [0.1, 0.15) is 27.2 Å². The van der Waals surface area contributed by atoms with Crippen LogP contribution in [-0.2, 0) is 5.75 Å². The van der Waals surface area contributed by atoms with Gasteiger partial charge in [0.15, 0.2) is 5.76 Å². The minimum atomic E-state index is -0.229. The molecule has 0 atom stereocenters. The maximum absolute atomic E-state index is 12.4. The zero-order valence-corrected chi connectivity index (χ0v) is 15.8. The monoisotopic (exact) mass is 384 g/mol. The zero-order chi connectivity index (χ0) is 18.5. The molecule has 1 N–H and O–H groups in total. The van der Waals surface area contributed by atoms with E-state index >= 15 is 0 Å². The van der Waals surface area contributed by atoms with Gasteiger partial charge in [-0.05, 0) is 36.8 Å². The van der Waals surface area contributed by atoms with E-state index in [-0.39, 0.29) is 5.91 Å². The summed E-state index contributed by atoms with van der Waals surface area (Å²) in [5.74, 6) is 1.58. The van der Waals surface area contributed by atoms with Crippen LogP contribution in [0.4, 0.5) is 0 Å². The van der Waals surface area contributed by atoms with Gasteiger partial charge in [-0.2, -0.15) is 17.0 Å². The summed E-state index contributed by atoms with van der Waals surface area (Å²) in [6, 6.07) is 15.1. The number of nitriles is 1. The van der Waals surface area contributed by atoms with E-state index in [0.717, 1.165) is 28.0 Å². The Kier molecular flexibility index (Phi) is 5.87. The summed E-state index contributed by atoms with van der Waals surface area (Å²) >= 11 is 7.68. The first-order valence-corrected chi connectivity index (χ1v) is 9.66. The molecule has 0 aliphatic carbocycles. The highest BCUT2D eigenvalue weighted by atomic mass is 35.5. The highest BCUT2D eigenvalue weighted by molar-refractivity contribution is 7.98. The van der Waals surface area contributed by atoms with E-state index in [2.05, 4.69) is 11.4 Å². The molecule has 0 bridgehead atoms. The average molecular weight is 385 g/mol. The van der Waals surface area contributed by atoms with E-state index in [1.807, 2.05) is 31.2 Å². The second kappa shape index (κ2) is 8.31. The molecular formula is C20H17ClN2O2S. The Bertz CT molecular complexity index is 991. The minimum Gasteiger partial charge on any atom is -0.451 e. The Morgan fingerprint density at radius 1 is 1.31 bits per heavy atom. The van der Waals surface area contributed by atoms with Gasteiger partial charge in [0, 0.05) is 34.0 Å². The van der Waals surface area contributed by atoms with Gasteiger partial charge in [-0.1, -0.05) is 29.8 Å². The number of fused-ring (bicyclic) bond motifs is 1. The number of halogens is 1. The van der Waals surface area contributed by atoms with E-state index in [0.29, 0.717) is 28.5 Å². The lowest BCUT2D eigenvalue weighted by atomic mass is 10.1. The van der Waals surface area contributed by atoms with Gasteiger partial charge in [0.25, 0.3) is 5.91 Å². The topological polar surface area (TPSA) is 66.0 Å². The third kappa shape index (κ3) is 4.04. The zero-order valence-electron chi connectivity index (χ0n) is 14.2. The van der Waals surface area contributed by atoms with Gasteiger partial charge in [0.05, 0.1) is 11.6 Å².